The Morgan fingerprint density at radius 3 is 2.62 bits per heavy atom. The maximum Gasteiger partial charge on any atom is 0.343 e. The van der Waals surface area contributed by atoms with Crippen LogP contribution in [0.1, 0.15) is 47.7 Å². The fourth-order valence-corrected chi connectivity index (χ4v) is 2.46. The third-order valence-electron chi connectivity index (χ3n) is 3.67. The fourth-order valence-electron chi connectivity index (χ4n) is 2.08. The molecule has 110 valence electrons. The van der Waals surface area contributed by atoms with Gasteiger partial charge in [0, 0.05) is 4.47 Å². The average molecular weight is 347 g/mol. The first-order valence-electron chi connectivity index (χ1n) is 7.10. The molecule has 0 aromatic heterocycles. The number of ether oxygens (including phenoxy) is 1. The summed E-state index contributed by atoms with van der Waals surface area (Å²) in [6.07, 6.45) is 1.00. The predicted molar refractivity (Wildman–Crippen MR) is 89.0 cm³/mol. The van der Waals surface area contributed by atoms with Gasteiger partial charge in [-0.1, -0.05) is 54.0 Å². The van der Waals surface area contributed by atoms with Gasteiger partial charge < -0.3 is 4.74 Å². The molecule has 0 aliphatic carbocycles. The molecule has 2 rings (SSSR count). The summed E-state index contributed by atoms with van der Waals surface area (Å²) < 4.78 is 6.50. The summed E-state index contributed by atoms with van der Waals surface area (Å²) in [5, 5.41) is 0. The minimum atomic E-state index is -0.327. The topological polar surface area (TPSA) is 26.3 Å². The molecule has 2 aromatic carbocycles. The normalized spacial score (nSPS) is 12.0. The number of benzene rings is 2. The van der Waals surface area contributed by atoms with E-state index in [2.05, 4.69) is 29.8 Å². The number of para-hydroxylation sites is 1. The first-order chi connectivity index (χ1) is 10.0. The third-order valence-corrected chi connectivity index (χ3v) is 4.53. The molecule has 0 saturated carbocycles. The van der Waals surface area contributed by atoms with Gasteiger partial charge in [-0.05, 0) is 48.6 Å². The Morgan fingerprint density at radius 1 is 1.24 bits per heavy atom. The van der Waals surface area contributed by atoms with Crippen molar-refractivity contribution in [2.24, 2.45) is 0 Å². The molecule has 3 heteroatoms. The van der Waals surface area contributed by atoms with Crippen molar-refractivity contribution in [3.63, 3.8) is 0 Å². The summed E-state index contributed by atoms with van der Waals surface area (Å²) >= 11 is 3.44. The second kappa shape index (κ2) is 6.90. The van der Waals surface area contributed by atoms with E-state index in [4.69, 9.17) is 4.74 Å². The van der Waals surface area contributed by atoms with E-state index in [0.29, 0.717) is 17.2 Å². The molecule has 0 amide bonds. The summed E-state index contributed by atoms with van der Waals surface area (Å²) in [5.41, 5.74) is 2.71. The van der Waals surface area contributed by atoms with Crippen molar-refractivity contribution < 1.29 is 9.53 Å². The van der Waals surface area contributed by atoms with Crippen molar-refractivity contribution in [2.75, 3.05) is 0 Å². The zero-order chi connectivity index (χ0) is 15.4. The van der Waals surface area contributed by atoms with Crippen molar-refractivity contribution in [3.8, 4) is 5.75 Å². The van der Waals surface area contributed by atoms with Crippen LogP contribution in [0.5, 0.6) is 5.75 Å². The lowest BCUT2D eigenvalue weighted by Gasteiger charge is -2.14. The maximum absolute atomic E-state index is 12.3. The van der Waals surface area contributed by atoms with Gasteiger partial charge in [-0.25, -0.2) is 4.79 Å². The standard InChI is InChI=1S/C18H19BrO2/c1-4-12(2)15-7-5-6-8-17(15)21-18(20)14-10-9-13(3)16(19)11-14/h5-12H,4H2,1-3H3. The molecule has 0 bridgehead atoms. The second-order valence-corrected chi connectivity index (χ2v) is 6.05. The lowest BCUT2D eigenvalue weighted by molar-refractivity contribution is 0.0732. The minimum absolute atomic E-state index is 0.327. The molecule has 0 spiro atoms. The lowest BCUT2D eigenvalue weighted by Crippen LogP contribution is -2.10. The second-order valence-electron chi connectivity index (χ2n) is 5.20. The number of rotatable bonds is 4. The Hall–Kier alpha value is -1.61. The Balaban J connectivity index is 2.25. The zero-order valence-electron chi connectivity index (χ0n) is 12.5. The summed E-state index contributed by atoms with van der Waals surface area (Å²) in [6.45, 7) is 6.24. The highest BCUT2D eigenvalue weighted by Crippen LogP contribution is 2.29. The molecular weight excluding hydrogens is 328 g/mol. The van der Waals surface area contributed by atoms with Crippen LogP contribution < -0.4 is 4.74 Å². The molecule has 0 fully saturated rings. The molecule has 0 saturated heterocycles. The van der Waals surface area contributed by atoms with E-state index in [9.17, 15) is 4.79 Å². The molecule has 2 aromatic rings. The predicted octanol–water partition coefficient (Wildman–Crippen LogP) is 5.49. The van der Waals surface area contributed by atoms with Crippen molar-refractivity contribution in [3.05, 3.63) is 63.6 Å². The highest BCUT2D eigenvalue weighted by Gasteiger charge is 2.15. The number of carbonyl (C=O) groups is 1. The van der Waals surface area contributed by atoms with Gasteiger partial charge in [0.15, 0.2) is 0 Å². The Kier molecular flexibility index (Phi) is 5.18. The fraction of sp³-hybridized carbons (Fsp3) is 0.278. The molecule has 21 heavy (non-hydrogen) atoms. The van der Waals surface area contributed by atoms with Crippen LogP contribution in [-0.4, -0.2) is 5.97 Å². The van der Waals surface area contributed by atoms with Gasteiger partial charge in [-0.2, -0.15) is 0 Å². The van der Waals surface area contributed by atoms with Crippen LogP contribution in [-0.2, 0) is 0 Å². The van der Waals surface area contributed by atoms with E-state index in [1.54, 1.807) is 12.1 Å². The van der Waals surface area contributed by atoms with Gasteiger partial charge >= 0.3 is 5.97 Å². The van der Waals surface area contributed by atoms with Crippen molar-refractivity contribution >= 4 is 21.9 Å². The Bertz CT molecular complexity index is 649. The maximum atomic E-state index is 12.3. The molecular formula is C18H19BrO2. The van der Waals surface area contributed by atoms with Crippen LogP contribution in [0.25, 0.3) is 0 Å². The average Bonchev–Trinajstić information content (AvgIpc) is 2.49. The summed E-state index contributed by atoms with van der Waals surface area (Å²) in [4.78, 5) is 12.3. The number of hydrogen-bond donors (Lipinski definition) is 0. The highest BCUT2D eigenvalue weighted by atomic mass is 79.9. The molecule has 2 nitrogen and oxygen atoms in total. The largest absolute Gasteiger partial charge is 0.423 e. The smallest absolute Gasteiger partial charge is 0.343 e. The first-order valence-corrected chi connectivity index (χ1v) is 7.89. The van der Waals surface area contributed by atoms with E-state index in [1.807, 2.05) is 37.3 Å². The SMILES string of the molecule is CCC(C)c1ccccc1OC(=O)c1ccc(C)c(Br)c1. The third kappa shape index (κ3) is 3.73. The summed E-state index contributed by atoms with van der Waals surface area (Å²) in [7, 11) is 0. The van der Waals surface area contributed by atoms with Crippen LogP contribution >= 0.6 is 15.9 Å². The number of esters is 1. The van der Waals surface area contributed by atoms with Gasteiger partial charge in [-0.3, -0.25) is 0 Å². The summed E-state index contributed by atoms with van der Waals surface area (Å²) in [6, 6.07) is 13.2. The van der Waals surface area contributed by atoms with E-state index < -0.39 is 0 Å². The van der Waals surface area contributed by atoms with Crippen molar-refractivity contribution in [1.29, 1.82) is 0 Å². The van der Waals surface area contributed by atoms with Gasteiger partial charge in [0.1, 0.15) is 5.75 Å². The van der Waals surface area contributed by atoms with E-state index >= 15 is 0 Å². The molecule has 1 atom stereocenters. The van der Waals surface area contributed by atoms with Gasteiger partial charge in [0.2, 0.25) is 0 Å². The van der Waals surface area contributed by atoms with E-state index in [-0.39, 0.29) is 5.97 Å². The monoisotopic (exact) mass is 346 g/mol. The molecule has 0 aliphatic heterocycles. The van der Waals surface area contributed by atoms with Crippen LogP contribution in [0.2, 0.25) is 0 Å². The van der Waals surface area contributed by atoms with E-state index in [1.165, 1.54) is 0 Å². The Labute approximate surface area is 134 Å². The number of hydrogen-bond acceptors (Lipinski definition) is 2. The van der Waals surface area contributed by atoms with Gasteiger partial charge in [-0.15, -0.1) is 0 Å². The van der Waals surface area contributed by atoms with Crippen LogP contribution in [0.3, 0.4) is 0 Å². The van der Waals surface area contributed by atoms with Crippen molar-refractivity contribution in [1.82, 2.24) is 0 Å². The highest BCUT2D eigenvalue weighted by molar-refractivity contribution is 9.10. The minimum Gasteiger partial charge on any atom is -0.423 e. The van der Waals surface area contributed by atoms with Crippen LogP contribution in [0, 0.1) is 6.92 Å². The zero-order valence-corrected chi connectivity index (χ0v) is 14.1. The number of halogens is 1. The molecule has 0 heterocycles. The quantitative estimate of drug-likeness (QED) is 0.540. The molecule has 0 radical (unpaired) electrons. The van der Waals surface area contributed by atoms with Gasteiger partial charge in [0.25, 0.3) is 0 Å². The van der Waals surface area contributed by atoms with Crippen LogP contribution in [0.4, 0.5) is 0 Å². The molecule has 0 aliphatic rings. The van der Waals surface area contributed by atoms with Crippen LogP contribution in [0.15, 0.2) is 46.9 Å². The molecule has 0 N–H and O–H groups in total. The van der Waals surface area contributed by atoms with E-state index in [0.717, 1.165) is 22.0 Å². The lowest BCUT2D eigenvalue weighted by atomic mass is 9.98. The number of carbonyl (C=O) groups excluding carboxylic acids is 1. The number of aryl methyl sites for hydroxylation is 1. The van der Waals surface area contributed by atoms with Crippen molar-refractivity contribution in [2.45, 2.75) is 33.1 Å². The first kappa shape index (κ1) is 15.8. The summed E-state index contributed by atoms with van der Waals surface area (Å²) in [5.74, 6) is 0.679. The molecule has 1 unspecified atom stereocenters. The van der Waals surface area contributed by atoms with Gasteiger partial charge in [0.05, 0.1) is 5.56 Å². The Morgan fingerprint density at radius 2 is 1.95 bits per heavy atom.